The molecular formula is C28H36Si. The van der Waals surface area contributed by atoms with E-state index in [1.54, 1.807) is 11.1 Å². The van der Waals surface area contributed by atoms with Crippen molar-refractivity contribution >= 4 is 19.7 Å². The maximum atomic E-state index is 2.67. The zero-order chi connectivity index (χ0) is 20.6. The van der Waals surface area contributed by atoms with Crippen LogP contribution in [0.4, 0.5) is 0 Å². The van der Waals surface area contributed by atoms with Crippen molar-refractivity contribution < 1.29 is 0 Å². The molecule has 0 saturated carbocycles. The van der Waals surface area contributed by atoms with Gasteiger partial charge in [0.1, 0.15) is 0 Å². The summed E-state index contributed by atoms with van der Waals surface area (Å²) in [4.78, 5) is 0. The van der Waals surface area contributed by atoms with E-state index in [1.165, 1.54) is 51.7 Å². The monoisotopic (exact) mass is 400 g/mol. The van der Waals surface area contributed by atoms with Crippen LogP contribution in [0.5, 0.6) is 0 Å². The summed E-state index contributed by atoms with van der Waals surface area (Å²) in [5.41, 5.74) is 7.67. The summed E-state index contributed by atoms with van der Waals surface area (Å²) < 4.78 is 0. The van der Waals surface area contributed by atoms with Gasteiger partial charge in [-0.1, -0.05) is 101 Å². The lowest BCUT2D eigenvalue weighted by molar-refractivity contribution is 0.694. The molecule has 0 radical (unpaired) electrons. The molecule has 29 heavy (non-hydrogen) atoms. The molecule has 0 N–H and O–H groups in total. The number of hydrogen-bond donors (Lipinski definition) is 0. The molecule has 3 aliphatic carbocycles. The molecule has 0 saturated heterocycles. The van der Waals surface area contributed by atoms with Gasteiger partial charge in [-0.25, -0.2) is 0 Å². The highest BCUT2D eigenvalue weighted by Gasteiger charge is 2.51. The van der Waals surface area contributed by atoms with Crippen LogP contribution in [0.25, 0.3) is 11.6 Å². The largest absolute Gasteiger partial charge is 0.0801 e. The van der Waals surface area contributed by atoms with E-state index in [0.29, 0.717) is 0 Å². The second kappa shape index (κ2) is 7.76. The lowest BCUT2D eigenvalue weighted by atomic mass is 9.79. The van der Waals surface area contributed by atoms with E-state index in [9.17, 15) is 0 Å². The molecule has 1 aromatic rings. The van der Waals surface area contributed by atoms with E-state index < -0.39 is 8.07 Å². The smallest absolute Gasteiger partial charge is 0.0688 e. The zero-order valence-corrected chi connectivity index (χ0v) is 19.9. The summed E-state index contributed by atoms with van der Waals surface area (Å²) >= 11 is 0. The van der Waals surface area contributed by atoms with Gasteiger partial charge in [0.2, 0.25) is 0 Å². The Morgan fingerprint density at radius 3 is 2.31 bits per heavy atom. The molecule has 3 aliphatic rings. The molecule has 152 valence electrons. The van der Waals surface area contributed by atoms with Crippen molar-refractivity contribution in [2.75, 3.05) is 0 Å². The molecule has 1 heteroatoms. The average Bonchev–Trinajstić information content (AvgIpc) is 3.42. The van der Waals surface area contributed by atoms with Gasteiger partial charge in [0, 0.05) is 5.04 Å². The Bertz CT molecular complexity index is 1050. The third kappa shape index (κ3) is 2.85. The summed E-state index contributed by atoms with van der Waals surface area (Å²) in [6.07, 6.45) is 18.1. The highest BCUT2D eigenvalue weighted by Crippen LogP contribution is 2.61. The first-order chi connectivity index (χ1) is 14.1. The van der Waals surface area contributed by atoms with Crippen LogP contribution in [0.2, 0.25) is 23.2 Å². The first-order valence-electron chi connectivity index (χ1n) is 11.7. The average molecular weight is 401 g/mol. The van der Waals surface area contributed by atoms with Crippen LogP contribution in [0.3, 0.4) is 0 Å². The quantitative estimate of drug-likeness (QED) is 0.452. The first-order valence-corrected chi connectivity index (χ1v) is 14.4. The fourth-order valence-electron chi connectivity index (χ4n) is 6.41. The van der Waals surface area contributed by atoms with E-state index in [4.69, 9.17) is 0 Å². The summed E-state index contributed by atoms with van der Waals surface area (Å²) in [6, 6.07) is 11.2. The number of rotatable bonds is 7. The summed E-state index contributed by atoms with van der Waals surface area (Å²) in [5, 5.41) is 3.10. The molecule has 0 amide bonds. The van der Waals surface area contributed by atoms with Crippen molar-refractivity contribution in [2.24, 2.45) is 0 Å². The predicted octanol–water partition coefficient (Wildman–Crippen LogP) is 6.61. The molecule has 0 spiro atoms. The van der Waals surface area contributed by atoms with Crippen molar-refractivity contribution in [1.82, 2.24) is 0 Å². The first kappa shape index (κ1) is 20.4. The van der Waals surface area contributed by atoms with Crippen molar-refractivity contribution in [2.45, 2.75) is 77.1 Å². The molecule has 4 rings (SSSR count). The van der Waals surface area contributed by atoms with Gasteiger partial charge in [-0.15, -0.1) is 0 Å². The van der Waals surface area contributed by atoms with Crippen LogP contribution in [-0.4, -0.2) is 8.07 Å². The molecule has 0 bridgehead atoms. The fourth-order valence-corrected chi connectivity index (χ4v) is 11.8. The third-order valence-electron chi connectivity index (χ3n) is 8.28. The van der Waals surface area contributed by atoms with Crippen LogP contribution in [-0.2, 0) is 6.42 Å². The molecule has 0 aromatic heterocycles. The van der Waals surface area contributed by atoms with E-state index in [-0.39, 0.29) is 5.04 Å². The maximum Gasteiger partial charge on any atom is 0.0688 e. The van der Waals surface area contributed by atoms with E-state index in [1.807, 2.05) is 0 Å². The van der Waals surface area contributed by atoms with Crippen LogP contribution in [0.1, 0.15) is 53.0 Å². The second-order valence-electron chi connectivity index (χ2n) is 8.95. The number of hydrogen-bond acceptors (Lipinski definition) is 0. The molecule has 0 nitrogen and oxygen atoms in total. The predicted molar refractivity (Wildman–Crippen MR) is 131 cm³/mol. The Balaban J connectivity index is 2.06. The highest BCUT2D eigenvalue weighted by molar-refractivity contribution is 6.84. The highest BCUT2D eigenvalue weighted by atomic mass is 28.3. The van der Waals surface area contributed by atoms with Gasteiger partial charge in [0.15, 0.2) is 0 Å². The standard InChI is InChI=1S/C28H36Si/c1-6-21-15-16-24-23(19-21)20-26-25(24)17-18-28(7-2,29(8-3,9-4)10-5)27(26)22-13-11-12-14-22/h11-13,15-20H,6-10,14H2,1-5H3. The van der Waals surface area contributed by atoms with Gasteiger partial charge < -0.3 is 0 Å². The summed E-state index contributed by atoms with van der Waals surface area (Å²) in [6.45, 7) is 12.1. The lowest BCUT2D eigenvalue weighted by Gasteiger charge is -2.51. The second-order valence-corrected chi connectivity index (χ2v) is 14.5. The molecule has 0 aliphatic heterocycles. The zero-order valence-electron chi connectivity index (χ0n) is 18.9. The molecule has 1 atom stereocenters. The normalized spacial score (nSPS) is 22.7. The lowest BCUT2D eigenvalue weighted by Crippen LogP contribution is -2.47. The summed E-state index contributed by atoms with van der Waals surface area (Å²) in [7, 11) is -1.53. The van der Waals surface area contributed by atoms with E-state index in [0.717, 1.165) is 12.8 Å². The Labute approximate surface area is 178 Å². The van der Waals surface area contributed by atoms with E-state index >= 15 is 0 Å². The molecule has 1 unspecified atom stereocenters. The Kier molecular flexibility index (Phi) is 5.46. The van der Waals surface area contributed by atoms with Crippen molar-refractivity contribution in [1.29, 1.82) is 0 Å². The maximum absolute atomic E-state index is 2.67. The van der Waals surface area contributed by atoms with Gasteiger partial charge in [0.05, 0.1) is 8.07 Å². The Morgan fingerprint density at radius 2 is 1.72 bits per heavy atom. The van der Waals surface area contributed by atoms with Crippen molar-refractivity contribution in [3.05, 3.63) is 81.3 Å². The van der Waals surface area contributed by atoms with Crippen LogP contribution < -0.4 is 10.4 Å². The topological polar surface area (TPSA) is 0 Å². The Morgan fingerprint density at radius 1 is 0.966 bits per heavy atom. The minimum absolute atomic E-state index is 0.244. The number of benzene rings is 1. The number of allylic oxidation sites excluding steroid dienone is 8. The van der Waals surface area contributed by atoms with Gasteiger partial charge in [0.25, 0.3) is 0 Å². The fraction of sp³-hybridized carbons (Fsp3) is 0.429. The van der Waals surface area contributed by atoms with Crippen molar-refractivity contribution in [3.8, 4) is 0 Å². The molecule has 0 fully saturated rings. The minimum atomic E-state index is -1.53. The SMILES string of the molecule is CCc1ccc2c(c1)=CC1=C(C3=CC=CC3)C(CC)([Si](CC)(CC)CC)C=CC=21. The molecule has 0 heterocycles. The van der Waals surface area contributed by atoms with Gasteiger partial charge in [-0.2, -0.15) is 0 Å². The van der Waals surface area contributed by atoms with Gasteiger partial charge in [-0.3, -0.25) is 0 Å². The number of fused-ring (bicyclic) bond motifs is 2. The van der Waals surface area contributed by atoms with Crippen molar-refractivity contribution in [3.63, 3.8) is 0 Å². The van der Waals surface area contributed by atoms with Gasteiger partial charge in [-0.05, 0) is 63.6 Å². The third-order valence-corrected chi connectivity index (χ3v) is 15.0. The Hall–Kier alpha value is -1.86. The van der Waals surface area contributed by atoms with Crippen LogP contribution in [0.15, 0.2) is 65.3 Å². The van der Waals surface area contributed by atoms with Gasteiger partial charge >= 0.3 is 0 Å². The molecule has 1 aromatic carbocycles. The van der Waals surface area contributed by atoms with Crippen LogP contribution in [0, 0.1) is 0 Å². The van der Waals surface area contributed by atoms with Crippen LogP contribution >= 0.6 is 0 Å². The summed E-state index contributed by atoms with van der Waals surface area (Å²) in [5.74, 6) is 0. The number of aryl methyl sites for hydroxylation is 1. The minimum Gasteiger partial charge on any atom is -0.0801 e. The van der Waals surface area contributed by atoms with E-state index in [2.05, 4.69) is 89.3 Å². The molecular weight excluding hydrogens is 364 g/mol.